The monoisotopic (exact) mass is 287 g/mol. The van der Waals surface area contributed by atoms with Crippen molar-refractivity contribution >= 4 is 5.82 Å². The molecule has 0 aliphatic rings. The van der Waals surface area contributed by atoms with E-state index >= 15 is 0 Å². The first-order valence-corrected chi connectivity index (χ1v) is 7.39. The minimum Gasteiger partial charge on any atom is -0.370 e. The first-order valence-electron chi connectivity index (χ1n) is 7.39. The summed E-state index contributed by atoms with van der Waals surface area (Å²) in [6.07, 6.45) is 2.61. The summed E-state index contributed by atoms with van der Waals surface area (Å²) in [6, 6.07) is 4.82. The van der Waals surface area contributed by atoms with Gasteiger partial charge >= 0.3 is 0 Å². The van der Waals surface area contributed by atoms with E-state index in [0.717, 1.165) is 41.2 Å². The molecule has 1 aromatic carbocycles. The van der Waals surface area contributed by atoms with E-state index in [1.165, 1.54) is 6.07 Å². The van der Waals surface area contributed by atoms with E-state index in [1.807, 2.05) is 6.92 Å². The number of halogens is 1. The molecule has 3 nitrogen and oxygen atoms in total. The molecule has 21 heavy (non-hydrogen) atoms. The lowest BCUT2D eigenvalue weighted by molar-refractivity contribution is 0.627. The van der Waals surface area contributed by atoms with Crippen molar-refractivity contribution in [3.63, 3.8) is 0 Å². The lowest BCUT2D eigenvalue weighted by Gasteiger charge is -2.18. The molecule has 1 heterocycles. The van der Waals surface area contributed by atoms with Gasteiger partial charge in [-0.05, 0) is 43.0 Å². The third-order valence-corrected chi connectivity index (χ3v) is 3.45. The maximum atomic E-state index is 13.3. The van der Waals surface area contributed by atoms with Crippen LogP contribution in [-0.2, 0) is 0 Å². The molecule has 1 N–H and O–H groups in total. The molecule has 0 saturated heterocycles. The molecule has 0 bridgehead atoms. The van der Waals surface area contributed by atoms with Gasteiger partial charge in [0.05, 0.1) is 5.69 Å². The molecule has 0 spiro atoms. The molecule has 0 radical (unpaired) electrons. The zero-order valence-corrected chi connectivity index (χ0v) is 13.1. The van der Waals surface area contributed by atoms with E-state index in [1.54, 1.807) is 18.5 Å². The predicted molar refractivity (Wildman–Crippen MR) is 85.0 cm³/mol. The van der Waals surface area contributed by atoms with Crippen molar-refractivity contribution in [2.75, 3.05) is 11.9 Å². The van der Waals surface area contributed by atoms with Crippen molar-refractivity contribution < 1.29 is 4.39 Å². The van der Waals surface area contributed by atoms with Crippen molar-refractivity contribution in [2.45, 2.75) is 40.0 Å². The summed E-state index contributed by atoms with van der Waals surface area (Å²) in [7, 11) is 0. The molecule has 0 atom stereocenters. The third kappa shape index (κ3) is 3.38. The highest BCUT2D eigenvalue weighted by atomic mass is 19.1. The van der Waals surface area contributed by atoms with Gasteiger partial charge in [0.1, 0.15) is 18.0 Å². The van der Waals surface area contributed by atoms with Crippen molar-refractivity contribution in [3.8, 4) is 11.3 Å². The molecule has 112 valence electrons. The number of nitrogens with one attached hydrogen (secondary N) is 1. The number of hydrogen-bond donors (Lipinski definition) is 1. The molecule has 4 heteroatoms. The summed E-state index contributed by atoms with van der Waals surface area (Å²) in [5.74, 6) is 0.936. The van der Waals surface area contributed by atoms with Gasteiger partial charge in [0.25, 0.3) is 0 Å². The molecule has 0 fully saturated rings. The van der Waals surface area contributed by atoms with Crippen LogP contribution >= 0.6 is 0 Å². The number of nitrogens with zero attached hydrogens (tertiary/aromatic N) is 2. The lowest BCUT2D eigenvalue weighted by Crippen LogP contribution is -2.09. The largest absolute Gasteiger partial charge is 0.370 e. The Morgan fingerprint density at radius 2 is 2.00 bits per heavy atom. The van der Waals surface area contributed by atoms with Crippen molar-refractivity contribution in [2.24, 2.45) is 0 Å². The summed E-state index contributed by atoms with van der Waals surface area (Å²) >= 11 is 0. The summed E-state index contributed by atoms with van der Waals surface area (Å²) < 4.78 is 13.3. The number of aryl methyl sites for hydroxylation is 1. The van der Waals surface area contributed by atoms with Crippen LogP contribution in [0.4, 0.5) is 10.2 Å². The smallest absolute Gasteiger partial charge is 0.133 e. The summed E-state index contributed by atoms with van der Waals surface area (Å²) in [5.41, 5.74) is 3.82. The quantitative estimate of drug-likeness (QED) is 0.877. The van der Waals surface area contributed by atoms with Gasteiger partial charge in [0.15, 0.2) is 0 Å². The van der Waals surface area contributed by atoms with Crippen LogP contribution in [0.2, 0.25) is 0 Å². The number of hydrogen-bond acceptors (Lipinski definition) is 3. The molecule has 0 saturated carbocycles. The second-order valence-electron chi connectivity index (χ2n) is 5.53. The Kier molecular flexibility index (Phi) is 4.89. The van der Waals surface area contributed by atoms with E-state index < -0.39 is 0 Å². The van der Waals surface area contributed by atoms with E-state index in [0.29, 0.717) is 0 Å². The van der Waals surface area contributed by atoms with Crippen LogP contribution < -0.4 is 5.32 Å². The van der Waals surface area contributed by atoms with Gasteiger partial charge in [0, 0.05) is 17.7 Å². The van der Waals surface area contributed by atoms with E-state index in [-0.39, 0.29) is 11.7 Å². The summed E-state index contributed by atoms with van der Waals surface area (Å²) in [6.45, 7) is 9.15. The Morgan fingerprint density at radius 3 is 2.62 bits per heavy atom. The van der Waals surface area contributed by atoms with Gasteiger partial charge in [-0.15, -0.1) is 0 Å². The minimum absolute atomic E-state index is 0.222. The van der Waals surface area contributed by atoms with Gasteiger partial charge in [-0.1, -0.05) is 20.8 Å². The molecular weight excluding hydrogens is 265 g/mol. The summed E-state index contributed by atoms with van der Waals surface area (Å²) in [5, 5.41) is 3.36. The van der Waals surface area contributed by atoms with Gasteiger partial charge < -0.3 is 5.32 Å². The van der Waals surface area contributed by atoms with Crippen molar-refractivity contribution in [3.05, 3.63) is 41.5 Å². The predicted octanol–water partition coefficient (Wildman–Crippen LogP) is 4.54. The highest BCUT2D eigenvalue weighted by molar-refractivity contribution is 5.71. The molecule has 2 aromatic rings. The fourth-order valence-electron chi connectivity index (χ4n) is 2.43. The Bertz CT molecular complexity index is 623. The number of rotatable bonds is 5. The number of benzene rings is 1. The first kappa shape index (κ1) is 15.4. The summed E-state index contributed by atoms with van der Waals surface area (Å²) in [4.78, 5) is 8.83. The number of anilines is 1. The van der Waals surface area contributed by atoms with E-state index in [4.69, 9.17) is 0 Å². The molecule has 1 aromatic heterocycles. The Morgan fingerprint density at radius 1 is 1.24 bits per heavy atom. The standard InChI is InChI=1S/C17H22FN3/c1-5-8-19-17-15(11(2)3)16(20-10-21-17)14-7-6-13(18)9-12(14)4/h6-7,9-11H,5,8H2,1-4H3,(H,19,20,21). The highest BCUT2D eigenvalue weighted by Crippen LogP contribution is 2.33. The van der Waals surface area contributed by atoms with Crippen LogP contribution in [0, 0.1) is 12.7 Å². The van der Waals surface area contributed by atoms with Gasteiger partial charge in [-0.3, -0.25) is 0 Å². The zero-order chi connectivity index (χ0) is 15.4. The molecular formula is C17H22FN3. The normalized spacial score (nSPS) is 11.0. The van der Waals surface area contributed by atoms with Crippen LogP contribution in [0.15, 0.2) is 24.5 Å². The lowest BCUT2D eigenvalue weighted by atomic mass is 9.95. The van der Waals surface area contributed by atoms with Crippen molar-refractivity contribution in [1.82, 2.24) is 9.97 Å². The first-order chi connectivity index (χ1) is 10.0. The van der Waals surface area contributed by atoms with Gasteiger partial charge in [-0.2, -0.15) is 0 Å². The molecule has 0 aliphatic carbocycles. The van der Waals surface area contributed by atoms with Crippen LogP contribution in [0.25, 0.3) is 11.3 Å². The maximum absolute atomic E-state index is 13.3. The Hall–Kier alpha value is -1.97. The minimum atomic E-state index is -0.222. The zero-order valence-electron chi connectivity index (χ0n) is 13.1. The van der Waals surface area contributed by atoms with Crippen LogP contribution in [-0.4, -0.2) is 16.5 Å². The highest BCUT2D eigenvalue weighted by Gasteiger charge is 2.17. The third-order valence-electron chi connectivity index (χ3n) is 3.45. The van der Waals surface area contributed by atoms with Crippen molar-refractivity contribution in [1.29, 1.82) is 0 Å². The van der Waals surface area contributed by atoms with Gasteiger partial charge in [-0.25, -0.2) is 14.4 Å². The topological polar surface area (TPSA) is 37.8 Å². The average molecular weight is 287 g/mol. The average Bonchev–Trinajstić information content (AvgIpc) is 2.44. The van der Waals surface area contributed by atoms with Crippen LogP contribution in [0.5, 0.6) is 0 Å². The molecule has 0 amide bonds. The second kappa shape index (κ2) is 6.66. The van der Waals surface area contributed by atoms with E-state index in [9.17, 15) is 4.39 Å². The fraction of sp³-hybridized carbons (Fsp3) is 0.412. The number of aromatic nitrogens is 2. The Balaban J connectivity index is 2.57. The van der Waals surface area contributed by atoms with Crippen LogP contribution in [0.1, 0.15) is 44.2 Å². The van der Waals surface area contributed by atoms with Gasteiger partial charge in [0.2, 0.25) is 0 Å². The fourth-order valence-corrected chi connectivity index (χ4v) is 2.43. The maximum Gasteiger partial charge on any atom is 0.133 e. The SMILES string of the molecule is CCCNc1ncnc(-c2ccc(F)cc2C)c1C(C)C. The molecule has 0 unspecified atom stereocenters. The second-order valence-corrected chi connectivity index (χ2v) is 5.53. The molecule has 0 aliphatic heterocycles. The Labute approximate surface area is 125 Å². The van der Waals surface area contributed by atoms with E-state index in [2.05, 4.69) is 36.1 Å². The molecule has 2 rings (SSSR count). The van der Waals surface area contributed by atoms with Crippen LogP contribution in [0.3, 0.4) is 0 Å².